The summed E-state index contributed by atoms with van der Waals surface area (Å²) in [4.78, 5) is 3.32. The first-order valence-corrected chi connectivity index (χ1v) is 8.57. The molecule has 96 valence electrons. The van der Waals surface area contributed by atoms with Crippen LogP contribution in [0.5, 0.6) is 0 Å². The third-order valence-corrected chi connectivity index (χ3v) is 6.05. The van der Waals surface area contributed by atoms with Crippen LogP contribution < -0.4 is 0 Å². The largest absolute Gasteiger partial charge is 0.331 e. The zero-order chi connectivity index (χ0) is 12.8. The highest BCUT2D eigenvalue weighted by Crippen LogP contribution is 2.39. The molecule has 0 aliphatic carbocycles. The number of H-pyrrole nitrogens is 1. The monoisotopic (exact) mass is 390 g/mol. The topological polar surface area (TPSA) is 20.7 Å². The van der Waals surface area contributed by atoms with Crippen molar-refractivity contribution < 1.29 is 0 Å². The Bertz CT molecular complexity index is 638. The van der Waals surface area contributed by atoms with E-state index >= 15 is 0 Å². The van der Waals surface area contributed by atoms with E-state index in [1.165, 1.54) is 27.7 Å². The van der Waals surface area contributed by atoms with E-state index in [4.69, 9.17) is 12.2 Å². The Morgan fingerprint density at radius 1 is 1.56 bits per heavy atom. The Labute approximate surface area is 130 Å². The van der Waals surface area contributed by atoms with Crippen molar-refractivity contribution >= 4 is 57.6 Å². The molecule has 1 aromatic carbocycles. The molecule has 18 heavy (non-hydrogen) atoms. The van der Waals surface area contributed by atoms with Crippen molar-refractivity contribution in [3.8, 4) is 0 Å². The molecule has 5 heteroatoms. The van der Waals surface area contributed by atoms with Gasteiger partial charge in [-0.25, -0.2) is 0 Å². The molecule has 1 unspecified atom stereocenters. The van der Waals surface area contributed by atoms with E-state index < -0.39 is 0 Å². The molecule has 1 atom stereocenters. The first kappa shape index (κ1) is 13.0. The van der Waals surface area contributed by atoms with Gasteiger partial charge in [-0.1, -0.05) is 0 Å². The maximum absolute atomic E-state index is 5.48. The van der Waals surface area contributed by atoms with E-state index in [-0.39, 0.29) is 0 Å². The highest BCUT2D eigenvalue weighted by molar-refractivity contribution is 14.1. The Kier molecular flexibility index (Phi) is 3.49. The number of fused-ring (bicyclic) bond motifs is 1. The van der Waals surface area contributed by atoms with Gasteiger partial charge < -0.3 is 9.55 Å². The Morgan fingerprint density at radius 2 is 2.39 bits per heavy atom. The molecule has 1 fully saturated rings. The molecule has 1 N–H and O–H groups in total. The zero-order valence-electron chi connectivity index (χ0n) is 10.2. The summed E-state index contributed by atoms with van der Waals surface area (Å²) in [6.45, 7) is 3.37. The summed E-state index contributed by atoms with van der Waals surface area (Å²) >= 11 is 9.89. The van der Waals surface area contributed by atoms with Crippen LogP contribution in [0.15, 0.2) is 18.2 Å². The fourth-order valence-electron chi connectivity index (χ4n) is 2.59. The van der Waals surface area contributed by atoms with E-state index in [1.807, 2.05) is 0 Å². The number of hydrogen-bond acceptors (Lipinski definition) is 2. The lowest BCUT2D eigenvalue weighted by atomic mass is 10.1. The van der Waals surface area contributed by atoms with Gasteiger partial charge in [0.2, 0.25) is 0 Å². The number of benzene rings is 1. The number of rotatable bonds is 2. The normalized spacial score (nSPS) is 23.9. The molecule has 0 bridgehead atoms. The summed E-state index contributed by atoms with van der Waals surface area (Å²) in [5, 5.41) is 0. The summed E-state index contributed by atoms with van der Waals surface area (Å²) in [6.07, 6.45) is 2.62. The highest BCUT2D eigenvalue weighted by atomic mass is 127. The minimum Gasteiger partial charge on any atom is -0.331 e. The number of hydrogen-bond donors (Lipinski definition) is 1. The van der Waals surface area contributed by atoms with Crippen LogP contribution in [0.2, 0.25) is 0 Å². The van der Waals surface area contributed by atoms with Crippen LogP contribution in [0.4, 0.5) is 0 Å². The number of aromatic amines is 1. The summed E-state index contributed by atoms with van der Waals surface area (Å²) < 4.78 is 4.70. The van der Waals surface area contributed by atoms with Crippen LogP contribution in [0.3, 0.4) is 0 Å². The molecule has 0 amide bonds. The van der Waals surface area contributed by atoms with Gasteiger partial charge >= 0.3 is 0 Å². The fraction of sp³-hybridized carbons (Fsp3) is 0.462. The molecule has 0 radical (unpaired) electrons. The Morgan fingerprint density at radius 3 is 3.11 bits per heavy atom. The van der Waals surface area contributed by atoms with Crippen LogP contribution in [0.1, 0.15) is 19.8 Å². The van der Waals surface area contributed by atoms with E-state index in [0.717, 1.165) is 16.8 Å². The number of thioether (sulfide) groups is 1. The van der Waals surface area contributed by atoms with Crippen LogP contribution in [-0.2, 0) is 6.54 Å². The van der Waals surface area contributed by atoms with Crippen molar-refractivity contribution in [2.45, 2.75) is 31.1 Å². The molecular formula is C13H15IN2S2. The van der Waals surface area contributed by atoms with E-state index in [2.05, 4.69) is 69.0 Å². The summed E-state index contributed by atoms with van der Waals surface area (Å²) in [6, 6.07) is 6.48. The second-order valence-corrected chi connectivity index (χ2v) is 8.39. The molecule has 1 aliphatic rings. The summed E-state index contributed by atoms with van der Waals surface area (Å²) in [7, 11) is 0. The predicted molar refractivity (Wildman–Crippen MR) is 89.9 cm³/mol. The quantitative estimate of drug-likeness (QED) is 0.598. The van der Waals surface area contributed by atoms with Gasteiger partial charge in [-0.05, 0) is 78.5 Å². The average molecular weight is 390 g/mol. The maximum Gasteiger partial charge on any atom is 0.178 e. The third kappa shape index (κ3) is 2.36. The van der Waals surface area contributed by atoms with Crippen LogP contribution in [0, 0.1) is 8.34 Å². The number of nitrogens with zero attached hydrogens (tertiary/aromatic N) is 1. The van der Waals surface area contributed by atoms with Gasteiger partial charge in [-0.15, -0.1) is 0 Å². The summed E-state index contributed by atoms with van der Waals surface area (Å²) in [5.74, 6) is 1.28. The lowest BCUT2D eigenvalue weighted by Crippen LogP contribution is -2.23. The Balaban J connectivity index is 2.06. The lowest BCUT2D eigenvalue weighted by Gasteiger charge is -2.23. The summed E-state index contributed by atoms with van der Waals surface area (Å²) in [5.41, 5.74) is 2.38. The minimum atomic E-state index is 0.344. The van der Waals surface area contributed by atoms with E-state index in [9.17, 15) is 0 Å². The van der Waals surface area contributed by atoms with Gasteiger partial charge in [0, 0.05) is 14.9 Å². The zero-order valence-corrected chi connectivity index (χ0v) is 14.0. The van der Waals surface area contributed by atoms with Gasteiger partial charge in [-0.2, -0.15) is 11.8 Å². The fourth-order valence-corrected chi connectivity index (χ4v) is 4.64. The minimum absolute atomic E-state index is 0.344. The standard InChI is InChI=1S/C13H15IN2S2/c1-13(5-2-6-18-13)8-16-11-4-3-9(14)7-10(11)15-12(16)17/h3-4,7H,2,5-6,8H2,1H3,(H,15,17). The molecule has 0 spiro atoms. The molecule has 1 saturated heterocycles. The molecule has 1 aromatic heterocycles. The van der Waals surface area contributed by atoms with Gasteiger partial charge in [0.05, 0.1) is 11.0 Å². The van der Waals surface area contributed by atoms with Crippen LogP contribution in [0.25, 0.3) is 11.0 Å². The van der Waals surface area contributed by atoms with Gasteiger partial charge in [0.25, 0.3) is 0 Å². The highest BCUT2D eigenvalue weighted by Gasteiger charge is 2.30. The second kappa shape index (κ2) is 4.83. The molecule has 2 aromatic rings. The molecule has 0 saturated carbocycles. The van der Waals surface area contributed by atoms with Gasteiger partial charge in [-0.3, -0.25) is 0 Å². The number of nitrogens with one attached hydrogen (secondary N) is 1. The van der Waals surface area contributed by atoms with Gasteiger partial charge in [0.15, 0.2) is 4.77 Å². The third-order valence-electron chi connectivity index (χ3n) is 3.53. The molecular weight excluding hydrogens is 375 g/mol. The predicted octanol–water partition coefficient (Wildman–Crippen LogP) is 4.59. The maximum atomic E-state index is 5.48. The van der Waals surface area contributed by atoms with Crippen molar-refractivity contribution in [3.05, 3.63) is 26.5 Å². The molecule has 2 nitrogen and oxygen atoms in total. The van der Waals surface area contributed by atoms with Crippen molar-refractivity contribution in [2.75, 3.05) is 5.75 Å². The molecule has 2 heterocycles. The molecule has 3 rings (SSSR count). The van der Waals surface area contributed by atoms with Crippen LogP contribution in [-0.4, -0.2) is 20.1 Å². The van der Waals surface area contributed by atoms with Crippen molar-refractivity contribution in [2.24, 2.45) is 0 Å². The lowest BCUT2D eigenvalue weighted by molar-refractivity contribution is 0.515. The molecule has 1 aliphatic heterocycles. The van der Waals surface area contributed by atoms with Crippen LogP contribution >= 0.6 is 46.6 Å². The first-order valence-electron chi connectivity index (χ1n) is 6.09. The number of halogens is 1. The number of aromatic nitrogens is 2. The number of imidazole rings is 1. The smallest absolute Gasteiger partial charge is 0.178 e. The SMILES string of the molecule is CC1(Cn2c(=S)[nH]c3cc(I)ccc32)CCCS1. The van der Waals surface area contributed by atoms with Gasteiger partial charge in [0.1, 0.15) is 0 Å². The van der Waals surface area contributed by atoms with E-state index in [1.54, 1.807) is 0 Å². The van der Waals surface area contributed by atoms with E-state index in [0.29, 0.717) is 4.75 Å². The first-order chi connectivity index (χ1) is 8.57. The average Bonchev–Trinajstić information content (AvgIpc) is 2.85. The second-order valence-electron chi connectivity index (χ2n) is 5.08. The van der Waals surface area contributed by atoms with Crippen molar-refractivity contribution in [1.82, 2.24) is 9.55 Å². The van der Waals surface area contributed by atoms with Crippen molar-refractivity contribution in [3.63, 3.8) is 0 Å². The van der Waals surface area contributed by atoms with Crippen molar-refractivity contribution in [1.29, 1.82) is 0 Å². The Hall–Kier alpha value is -0.0100.